The maximum atomic E-state index is 12.5. The van der Waals surface area contributed by atoms with E-state index in [0.717, 1.165) is 37.3 Å². The smallest absolute Gasteiger partial charge is 0.227 e. The fourth-order valence-corrected chi connectivity index (χ4v) is 5.60. The van der Waals surface area contributed by atoms with Gasteiger partial charge in [-0.25, -0.2) is 15.0 Å². The van der Waals surface area contributed by atoms with E-state index in [1.54, 1.807) is 0 Å². The van der Waals surface area contributed by atoms with Gasteiger partial charge in [-0.15, -0.1) is 0 Å². The number of aliphatic hydroxyl groups excluding tert-OH is 1. The number of fused-ring (bicyclic) bond motifs is 2. The van der Waals surface area contributed by atoms with Crippen LogP contribution in [0.5, 0.6) is 0 Å². The van der Waals surface area contributed by atoms with Crippen molar-refractivity contribution in [2.45, 2.75) is 56.4 Å². The van der Waals surface area contributed by atoms with Crippen LogP contribution in [0.3, 0.4) is 0 Å². The molecule has 0 spiro atoms. The van der Waals surface area contributed by atoms with Gasteiger partial charge in [-0.2, -0.15) is 4.98 Å². The number of hydrogen-bond acceptors (Lipinski definition) is 8. The molecule has 2 aromatic rings. The zero-order chi connectivity index (χ0) is 21.6. The lowest BCUT2D eigenvalue weighted by molar-refractivity contribution is 0.233. The zero-order valence-electron chi connectivity index (χ0n) is 18.0. The quantitative estimate of drug-likeness (QED) is 0.727. The topological polar surface area (TPSA) is 104 Å². The normalized spacial score (nSPS) is 20.4. The highest BCUT2D eigenvalue weighted by Crippen LogP contribution is 2.32. The van der Waals surface area contributed by atoms with Crippen molar-refractivity contribution in [3.63, 3.8) is 0 Å². The third-order valence-corrected chi connectivity index (χ3v) is 7.58. The minimum atomic E-state index is -1.11. The molecule has 9 heteroatoms. The second-order valence-electron chi connectivity index (χ2n) is 9.06. The van der Waals surface area contributed by atoms with Crippen molar-refractivity contribution in [2.75, 3.05) is 35.7 Å². The molecule has 31 heavy (non-hydrogen) atoms. The van der Waals surface area contributed by atoms with Gasteiger partial charge in [0, 0.05) is 37.2 Å². The van der Waals surface area contributed by atoms with Crippen LogP contribution in [0.2, 0.25) is 0 Å². The predicted molar refractivity (Wildman–Crippen MR) is 121 cm³/mol. The molecule has 2 aromatic heterocycles. The number of nitrogens with one attached hydrogen (secondary N) is 1. The van der Waals surface area contributed by atoms with Crippen LogP contribution in [0.1, 0.15) is 49.5 Å². The fraction of sp³-hybridized carbons (Fsp3) is 0.545. The van der Waals surface area contributed by atoms with Crippen molar-refractivity contribution in [3.05, 3.63) is 35.0 Å². The molecule has 0 radical (unpaired) electrons. The first kappa shape index (κ1) is 20.5. The Balaban J connectivity index is 1.40. The molecule has 0 aromatic carbocycles. The Hall–Kier alpha value is -2.39. The summed E-state index contributed by atoms with van der Waals surface area (Å²) in [5.74, 6) is 2.63. The standard InChI is InChI=1S/C22H28N6O2S/c1-22(2,13-29)27-20-18-17(8-11-31(18)30)25-21(26-20)28-9-6-14(7-10-28)19-23-12-15-4-3-5-16(15)24-19/h6,12,29H,3-5,7-11,13H2,1-2H3,(H,25,26,27)/t31-/m1/s1. The van der Waals surface area contributed by atoms with E-state index < -0.39 is 16.3 Å². The van der Waals surface area contributed by atoms with E-state index >= 15 is 0 Å². The van der Waals surface area contributed by atoms with Gasteiger partial charge in [-0.1, -0.05) is 6.08 Å². The van der Waals surface area contributed by atoms with Gasteiger partial charge in [0.2, 0.25) is 5.95 Å². The Bertz CT molecular complexity index is 1080. The van der Waals surface area contributed by atoms with Crippen molar-refractivity contribution in [3.8, 4) is 0 Å². The lowest BCUT2D eigenvalue weighted by atomic mass is 10.1. The van der Waals surface area contributed by atoms with Crippen LogP contribution in [0.15, 0.2) is 17.2 Å². The van der Waals surface area contributed by atoms with Crippen LogP contribution < -0.4 is 10.2 Å². The Kier molecular flexibility index (Phi) is 5.26. The van der Waals surface area contributed by atoms with Crippen molar-refractivity contribution >= 4 is 28.1 Å². The molecule has 8 nitrogen and oxygen atoms in total. The van der Waals surface area contributed by atoms with Gasteiger partial charge >= 0.3 is 0 Å². The van der Waals surface area contributed by atoms with E-state index in [0.29, 0.717) is 35.4 Å². The van der Waals surface area contributed by atoms with Gasteiger partial charge in [0.05, 0.1) is 28.6 Å². The molecule has 164 valence electrons. The molecular weight excluding hydrogens is 412 g/mol. The number of anilines is 2. The Morgan fingerprint density at radius 1 is 1.16 bits per heavy atom. The van der Waals surface area contributed by atoms with Crippen molar-refractivity contribution < 1.29 is 9.32 Å². The lowest BCUT2D eigenvalue weighted by Gasteiger charge is -2.29. The summed E-state index contributed by atoms with van der Waals surface area (Å²) < 4.78 is 12.5. The van der Waals surface area contributed by atoms with E-state index in [-0.39, 0.29) is 6.61 Å². The number of aromatic nitrogens is 4. The molecule has 0 fully saturated rings. The highest BCUT2D eigenvalue weighted by atomic mass is 32.2. The highest BCUT2D eigenvalue weighted by molar-refractivity contribution is 7.85. The van der Waals surface area contributed by atoms with Gasteiger partial charge in [0.25, 0.3) is 0 Å². The van der Waals surface area contributed by atoms with E-state index in [9.17, 15) is 9.32 Å². The number of rotatable bonds is 5. The number of aryl methyl sites for hydroxylation is 3. The lowest BCUT2D eigenvalue weighted by Crippen LogP contribution is -2.36. The molecule has 0 amide bonds. The minimum Gasteiger partial charge on any atom is -0.394 e. The molecule has 4 heterocycles. The summed E-state index contributed by atoms with van der Waals surface area (Å²) in [5, 5.41) is 13.0. The van der Waals surface area contributed by atoms with Gasteiger partial charge < -0.3 is 15.3 Å². The van der Waals surface area contributed by atoms with E-state index in [1.807, 2.05) is 20.0 Å². The summed E-state index contributed by atoms with van der Waals surface area (Å²) >= 11 is 0. The minimum absolute atomic E-state index is 0.0513. The average Bonchev–Trinajstić information content (AvgIpc) is 3.39. The van der Waals surface area contributed by atoms with Crippen LogP contribution in [0.25, 0.3) is 5.57 Å². The molecule has 0 saturated heterocycles. The first-order valence-electron chi connectivity index (χ1n) is 10.9. The molecule has 5 rings (SSSR count). The molecule has 0 unspecified atom stereocenters. The third-order valence-electron chi connectivity index (χ3n) is 6.12. The van der Waals surface area contributed by atoms with E-state index in [1.165, 1.54) is 23.3 Å². The van der Waals surface area contributed by atoms with Gasteiger partial charge in [-0.05, 0) is 50.7 Å². The average molecular weight is 441 g/mol. The maximum absolute atomic E-state index is 12.5. The van der Waals surface area contributed by atoms with Crippen molar-refractivity contribution in [2.24, 2.45) is 0 Å². The van der Waals surface area contributed by atoms with Crippen molar-refractivity contribution in [1.82, 2.24) is 19.9 Å². The first-order valence-corrected chi connectivity index (χ1v) is 12.2. The largest absolute Gasteiger partial charge is 0.394 e. The summed E-state index contributed by atoms with van der Waals surface area (Å²) in [6, 6.07) is 0. The van der Waals surface area contributed by atoms with Gasteiger partial charge in [0.1, 0.15) is 10.7 Å². The zero-order valence-corrected chi connectivity index (χ0v) is 18.8. The molecule has 1 aliphatic carbocycles. The van der Waals surface area contributed by atoms with Crippen LogP contribution in [-0.2, 0) is 30.1 Å². The second-order valence-corrected chi connectivity index (χ2v) is 10.6. The number of nitrogens with zero attached hydrogens (tertiary/aromatic N) is 5. The van der Waals surface area contributed by atoms with Crippen LogP contribution in [-0.4, -0.2) is 60.2 Å². The summed E-state index contributed by atoms with van der Waals surface area (Å²) in [6.45, 7) is 5.19. The van der Waals surface area contributed by atoms with E-state index in [4.69, 9.17) is 15.0 Å². The first-order chi connectivity index (χ1) is 14.9. The molecule has 1 atom stereocenters. The highest BCUT2D eigenvalue weighted by Gasteiger charge is 2.30. The van der Waals surface area contributed by atoms with Crippen molar-refractivity contribution in [1.29, 1.82) is 0 Å². The Morgan fingerprint density at radius 3 is 2.81 bits per heavy atom. The Labute approximate surface area is 184 Å². The summed E-state index contributed by atoms with van der Waals surface area (Å²) in [4.78, 5) is 21.7. The molecule has 3 aliphatic rings. The van der Waals surface area contributed by atoms with Crippen LogP contribution >= 0.6 is 0 Å². The molecular formula is C22H28N6O2S. The monoisotopic (exact) mass is 440 g/mol. The van der Waals surface area contributed by atoms with Gasteiger partial charge in [-0.3, -0.25) is 4.21 Å². The van der Waals surface area contributed by atoms with Crippen LogP contribution in [0.4, 0.5) is 11.8 Å². The number of aliphatic hydroxyl groups is 1. The fourth-order valence-electron chi connectivity index (χ4n) is 4.29. The number of hydrogen-bond donors (Lipinski definition) is 2. The van der Waals surface area contributed by atoms with Gasteiger partial charge in [0.15, 0.2) is 5.82 Å². The van der Waals surface area contributed by atoms with Crippen LogP contribution in [0, 0.1) is 0 Å². The molecule has 0 bridgehead atoms. The second kappa shape index (κ2) is 7.94. The third kappa shape index (κ3) is 3.96. The SMILES string of the molecule is CC(C)(CO)Nc1nc(N2CC=C(c3ncc4c(n3)CCC4)CC2)nc2c1[S@](=O)CC2. The molecule has 2 aliphatic heterocycles. The molecule has 0 saturated carbocycles. The Morgan fingerprint density at radius 2 is 2.03 bits per heavy atom. The van der Waals surface area contributed by atoms with E-state index in [2.05, 4.69) is 21.3 Å². The summed E-state index contributed by atoms with van der Waals surface area (Å²) in [5.41, 5.74) is 3.94. The summed E-state index contributed by atoms with van der Waals surface area (Å²) in [6.07, 6.45) is 8.98. The predicted octanol–water partition coefficient (Wildman–Crippen LogP) is 1.90. The summed E-state index contributed by atoms with van der Waals surface area (Å²) in [7, 11) is -1.11. The molecule has 2 N–H and O–H groups in total. The maximum Gasteiger partial charge on any atom is 0.227 e.